The molecule has 0 aliphatic carbocycles. The van der Waals surface area contributed by atoms with Gasteiger partial charge in [0.2, 0.25) is 5.90 Å². The second-order valence-corrected chi connectivity index (χ2v) is 4.41. The van der Waals surface area contributed by atoms with Gasteiger partial charge in [0.25, 0.3) is 0 Å². The summed E-state index contributed by atoms with van der Waals surface area (Å²) in [7, 11) is 1.73. The fraction of sp³-hybridized carbons (Fsp3) is 0.0714. The number of aryl methyl sites for hydroxylation is 1. The molecule has 1 aromatic heterocycles. The third-order valence-corrected chi connectivity index (χ3v) is 2.81. The predicted molar refractivity (Wildman–Crippen MR) is 70.2 cm³/mol. The van der Waals surface area contributed by atoms with Gasteiger partial charge in [-0.2, -0.15) is 5.10 Å². The average molecular weight is 289 g/mol. The Balaban J connectivity index is 1.97. The first-order valence-electron chi connectivity index (χ1n) is 5.99. The van der Waals surface area contributed by atoms with Gasteiger partial charge in [-0.15, -0.1) is 0 Å². The van der Waals surface area contributed by atoms with Crippen molar-refractivity contribution in [1.29, 1.82) is 0 Å². The van der Waals surface area contributed by atoms with Crippen LogP contribution in [0.3, 0.4) is 0 Å². The zero-order valence-corrected chi connectivity index (χ0v) is 10.9. The van der Waals surface area contributed by atoms with Gasteiger partial charge < -0.3 is 4.74 Å². The molecular formula is C14H9F2N3O2. The van der Waals surface area contributed by atoms with Crippen LogP contribution in [0.5, 0.6) is 0 Å². The van der Waals surface area contributed by atoms with E-state index in [2.05, 4.69) is 10.1 Å². The zero-order chi connectivity index (χ0) is 15.0. The third-order valence-electron chi connectivity index (χ3n) is 2.81. The second-order valence-electron chi connectivity index (χ2n) is 4.41. The highest BCUT2D eigenvalue weighted by Crippen LogP contribution is 2.20. The molecule has 2 aromatic rings. The molecule has 0 amide bonds. The number of rotatable bonds is 2. The Morgan fingerprint density at radius 3 is 2.81 bits per heavy atom. The van der Waals surface area contributed by atoms with Crippen LogP contribution in [0.2, 0.25) is 0 Å². The molecule has 0 bridgehead atoms. The summed E-state index contributed by atoms with van der Waals surface area (Å²) in [4.78, 5) is 15.7. The molecule has 5 nitrogen and oxygen atoms in total. The predicted octanol–water partition coefficient (Wildman–Crippen LogP) is 2.04. The van der Waals surface area contributed by atoms with Crippen LogP contribution in [0.25, 0.3) is 6.08 Å². The minimum atomic E-state index is -0.843. The van der Waals surface area contributed by atoms with Crippen molar-refractivity contribution >= 4 is 17.9 Å². The minimum absolute atomic E-state index is 0.0294. The largest absolute Gasteiger partial charge is 0.402 e. The number of nitrogens with zero attached hydrogens (tertiary/aromatic N) is 3. The normalized spacial score (nSPS) is 16.2. The average Bonchev–Trinajstić information content (AvgIpc) is 2.97. The minimum Gasteiger partial charge on any atom is -0.402 e. The first-order chi connectivity index (χ1) is 10.0. The maximum Gasteiger partial charge on any atom is 0.363 e. The maximum absolute atomic E-state index is 13.6. The van der Waals surface area contributed by atoms with Crippen LogP contribution in [0.15, 0.2) is 41.3 Å². The number of carbonyl (C=O) groups is 1. The number of halogens is 2. The molecule has 2 heterocycles. The van der Waals surface area contributed by atoms with Gasteiger partial charge in [-0.3, -0.25) is 4.68 Å². The summed E-state index contributed by atoms with van der Waals surface area (Å²) >= 11 is 0. The summed E-state index contributed by atoms with van der Waals surface area (Å²) < 4.78 is 33.0. The number of hydrogen-bond donors (Lipinski definition) is 0. The van der Waals surface area contributed by atoms with E-state index in [9.17, 15) is 13.6 Å². The zero-order valence-electron chi connectivity index (χ0n) is 10.9. The number of hydrogen-bond acceptors (Lipinski definition) is 4. The van der Waals surface area contributed by atoms with Crippen molar-refractivity contribution in [2.45, 2.75) is 0 Å². The van der Waals surface area contributed by atoms with Gasteiger partial charge in [0.1, 0.15) is 11.6 Å². The van der Waals surface area contributed by atoms with Crippen molar-refractivity contribution < 1.29 is 18.3 Å². The molecule has 0 atom stereocenters. The van der Waals surface area contributed by atoms with E-state index in [-0.39, 0.29) is 17.2 Å². The Hall–Kier alpha value is -2.83. The Morgan fingerprint density at radius 2 is 2.14 bits per heavy atom. The molecule has 0 unspecified atom stereocenters. The summed E-state index contributed by atoms with van der Waals surface area (Å²) in [5.41, 5.74) is 0.620. The molecule has 7 heteroatoms. The van der Waals surface area contributed by atoms with Gasteiger partial charge in [-0.1, -0.05) is 0 Å². The molecule has 0 fully saturated rings. The van der Waals surface area contributed by atoms with Crippen LogP contribution in [-0.4, -0.2) is 21.6 Å². The highest BCUT2D eigenvalue weighted by molar-refractivity contribution is 6.12. The molecule has 1 aromatic carbocycles. The molecular weight excluding hydrogens is 280 g/mol. The standard InChI is InChI=1S/C14H9F2N3O2/c1-19-7-8(6-17-19)4-12-14(20)21-13(18-12)10-3-2-9(15)5-11(10)16/h2-7H,1H3/b12-4+. The van der Waals surface area contributed by atoms with E-state index >= 15 is 0 Å². The molecule has 0 radical (unpaired) electrons. The number of aromatic nitrogens is 2. The van der Waals surface area contributed by atoms with Crippen molar-refractivity contribution in [3.05, 3.63) is 59.1 Å². The van der Waals surface area contributed by atoms with Gasteiger partial charge in [-0.05, 0) is 18.2 Å². The summed E-state index contributed by atoms with van der Waals surface area (Å²) in [6.45, 7) is 0. The van der Waals surface area contributed by atoms with Crippen molar-refractivity contribution in [3.63, 3.8) is 0 Å². The molecule has 1 aliphatic heterocycles. The molecule has 106 valence electrons. The second kappa shape index (κ2) is 4.93. The number of benzene rings is 1. The maximum atomic E-state index is 13.6. The molecule has 3 rings (SSSR count). The lowest BCUT2D eigenvalue weighted by Gasteiger charge is -2.00. The number of carbonyl (C=O) groups excluding carboxylic acids is 1. The van der Waals surface area contributed by atoms with Gasteiger partial charge in [-0.25, -0.2) is 18.6 Å². The van der Waals surface area contributed by atoms with Crippen LogP contribution >= 0.6 is 0 Å². The molecule has 21 heavy (non-hydrogen) atoms. The van der Waals surface area contributed by atoms with E-state index in [1.807, 2.05) is 0 Å². The van der Waals surface area contributed by atoms with Crippen LogP contribution in [0.1, 0.15) is 11.1 Å². The Morgan fingerprint density at radius 1 is 1.33 bits per heavy atom. The Kier molecular flexibility index (Phi) is 3.09. The monoisotopic (exact) mass is 289 g/mol. The molecule has 0 spiro atoms. The first-order valence-corrected chi connectivity index (χ1v) is 5.99. The molecule has 0 saturated heterocycles. The van der Waals surface area contributed by atoms with Gasteiger partial charge >= 0.3 is 5.97 Å². The highest BCUT2D eigenvalue weighted by Gasteiger charge is 2.26. The highest BCUT2D eigenvalue weighted by atomic mass is 19.1. The fourth-order valence-electron chi connectivity index (χ4n) is 1.86. The Labute approximate surface area is 118 Å². The lowest BCUT2D eigenvalue weighted by atomic mass is 10.2. The van der Waals surface area contributed by atoms with E-state index in [4.69, 9.17) is 4.74 Å². The number of ether oxygens (including phenoxy) is 1. The van der Waals surface area contributed by atoms with E-state index in [0.717, 1.165) is 6.07 Å². The van der Waals surface area contributed by atoms with Gasteiger partial charge in [0.15, 0.2) is 5.70 Å². The van der Waals surface area contributed by atoms with Crippen molar-refractivity contribution in [1.82, 2.24) is 9.78 Å². The van der Waals surface area contributed by atoms with Gasteiger partial charge in [0, 0.05) is 24.9 Å². The molecule has 0 saturated carbocycles. The van der Waals surface area contributed by atoms with Crippen molar-refractivity contribution in [3.8, 4) is 0 Å². The van der Waals surface area contributed by atoms with Crippen LogP contribution in [0, 0.1) is 11.6 Å². The summed E-state index contributed by atoms with van der Waals surface area (Å²) in [6, 6.07) is 2.94. The SMILES string of the molecule is Cn1cc(/C=C2/N=C(c3ccc(F)cc3F)OC2=O)cn1. The lowest BCUT2D eigenvalue weighted by Crippen LogP contribution is -2.07. The van der Waals surface area contributed by atoms with E-state index in [1.165, 1.54) is 12.1 Å². The smallest absolute Gasteiger partial charge is 0.363 e. The number of aliphatic imine (C=N–C) groups is 1. The van der Waals surface area contributed by atoms with Crippen molar-refractivity contribution in [2.75, 3.05) is 0 Å². The summed E-state index contributed by atoms with van der Waals surface area (Å²) in [6.07, 6.45) is 4.71. The van der Waals surface area contributed by atoms with E-state index in [0.29, 0.717) is 11.6 Å². The quantitative estimate of drug-likeness (QED) is 0.628. The van der Waals surface area contributed by atoms with Crippen LogP contribution < -0.4 is 0 Å². The van der Waals surface area contributed by atoms with E-state index < -0.39 is 17.6 Å². The van der Waals surface area contributed by atoms with Crippen LogP contribution in [-0.2, 0) is 16.6 Å². The number of esters is 1. The Bertz CT molecular complexity index is 793. The topological polar surface area (TPSA) is 56.5 Å². The summed E-state index contributed by atoms with van der Waals surface area (Å²) in [5.74, 6) is -2.44. The van der Waals surface area contributed by atoms with Crippen LogP contribution in [0.4, 0.5) is 8.78 Å². The third kappa shape index (κ3) is 2.58. The summed E-state index contributed by atoms with van der Waals surface area (Å²) in [5, 5.41) is 3.95. The fourth-order valence-corrected chi connectivity index (χ4v) is 1.86. The molecule has 0 N–H and O–H groups in total. The lowest BCUT2D eigenvalue weighted by molar-refractivity contribution is -0.129. The van der Waals surface area contributed by atoms with Gasteiger partial charge in [0.05, 0.1) is 11.8 Å². The number of cyclic esters (lactones) is 1. The first kappa shape index (κ1) is 13.2. The van der Waals surface area contributed by atoms with Crippen molar-refractivity contribution in [2.24, 2.45) is 12.0 Å². The van der Waals surface area contributed by atoms with E-state index in [1.54, 1.807) is 24.1 Å². The molecule has 1 aliphatic rings.